The quantitative estimate of drug-likeness (QED) is 0.704. The molecule has 5 heteroatoms. The Balaban J connectivity index is 2.69. The van der Waals surface area contributed by atoms with Crippen molar-refractivity contribution in [3.05, 3.63) is 29.0 Å². The van der Waals surface area contributed by atoms with E-state index in [0.29, 0.717) is 10.8 Å². The Labute approximate surface area is 80.3 Å². The SMILES string of the molecule is N[C@@H](Cc1cccc(Cl)n1)C(=O)O. The first-order chi connectivity index (χ1) is 6.09. The largest absolute Gasteiger partial charge is 0.480 e. The summed E-state index contributed by atoms with van der Waals surface area (Å²) in [6.07, 6.45) is 0.190. The summed E-state index contributed by atoms with van der Waals surface area (Å²) in [5.74, 6) is -1.04. The number of nitrogens with zero attached hydrogens (tertiary/aromatic N) is 1. The summed E-state index contributed by atoms with van der Waals surface area (Å²) in [6.45, 7) is 0. The van der Waals surface area contributed by atoms with Crippen molar-refractivity contribution in [2.24, 2.45) is 5.73 Å². The topological polar surface area (TPSA) is 76.2 Å². The highest BCUT2D eigenvalue weighted by Crippen LogP contribution is 2.06. The van der Waals surface area contributed by atoms with Gasteiger partial charge in [-0.05, 0) is 12.1 Å². The molecule has 70 valence electrons. The van der Waals surface area contributed by atoms with Gasteiger partial charge in [0, 0.05) is 12.1 Å². The van der Waals surface area contributed by atoms with Crippen molar-refractivity contribution in [2.75, 3.05) is 0 Å². The van der Waals surface area contributed by atoms with Crippen molar-refractivity contribution in [1.29, 1.82) is 0 Å². The Morgan fingerprint density at radius 3 is 2.92 bits per heavy atom. The minimum atomic E-state index is -1.04. The van der Waals surface area contributed by atoms with Crippen LogP contribution >= 0.6 is 11.6 Å². The van der Waals surface area contributed by atoms with Crippen LogP contribution in [0, 0.1) is 0 Å². The van der Waals surface area contributed by atoms with Crippen LogP contribution in [0.4, 0.5) is 0 Å². The molecule has 1 rings (SSSR count). The second-order valence-electron chi connectivity index (χ2n) is 2.60. The van der Waals surface area contributed by atoms with E-state index >= 15 is 0 Å². The van der Waals surface area contributed by atoms with E-state index in [-0.39, 0.29) is 6.42 Å². The summed E-state index contributed by atoms with van der Waals surface area (Å²) in [5, 5.41) is 8.87. The predicted molar refractivity (Wildman–Crippen MR) is 48.6 cm³/mol. The number of carboxylic acids is 1. The summed E-state index contributed by atoms with van der Waals surface area (Å²) in [7, 11) is 0. The fourth-order valence-corrected chi connectivity index (χ4v) is 1.06. The van der Waals surface area contributed by atoms with Crippen LogP contribution in [0.25, 0.3) is 0 Å². The average Bonchev–Trinajstić information content (AvgIpc) is 2.04. The zero-order valence-corrected chi connectivity index (χ0v) is 7.53. The van der Waals surface area contributed by atoms with E-state index in [0.717, 1.165) is 0 Å². The van der Waals surface area contributed by atoms with E-state index in [1.807, 2.05) is 0 Å². The highest BCUT2D eigenvalue weighted by molar-refractivity contribution is 6.29. The van der Waals surface area contributed by atoms with Crippen LogP contribution in [0.1, 0.15) is 5.69 Å². The fourth-order valence-electron chi connectivity index (χ4n) is 0.877. The Kier molecular flexibility index (Phi) is 3.22. The molecule has 0 aliphatic rings. The maximum atomic E-state index is 10.4. The van der Waals surface area contributed by atoms with Gasteiger partial charge in [0.05, 0.1) is 0 Å². The second kappa shape index (κ2) is 4.20. The molecule has 0 aliphatic heterocycles. The third kappa shape index (κ3) is 3.01. The molecule has 1 aromatic heterocycles. The molecular formula is C8H9ClN2O2. The average molecular weight is 201 g/mol. The predicted octanol–water partition coefficient (Wildman–Crippen LogP) is 0.689. The van der Waals surface area contributed by atoms with E-state index in [4.69, 9.17) is 22.4 Å². The molecule has 0 fully saturated rings. The van der Waals surface area contributed by atoms with Crippen LogP contribution in [0.5, 0.6) is 0 Å². The van der Waals surface area contributed by atoms with Gasteiger partial charge in [-0.2, -0.15) is 0 Å². The smallest absolute Gasteiger partial charge is 0.320 e. The number of aliphatic carboxylic acids is 1. The highest BCUT2D eigenvalue weighted by atomic mass is 35.5. The molecule has 0 saturated heterocycles. The molecular weight excluding hydrogens is 192 g/mol. The highest BCUT2D eigenvalue weighted by Gasteiger charge is 2.12. The van der Waals surface area contributed by atoms with Gasteiger partial charge in [-0.1, -0.05) is 17.7 Å². The maximum absolute atomic E-state index is 10.4. The summed E-state index contributed by atoms with van der Waals surface area (Å²) in [6, 6.07) is 4.09. The number of pyridine rings is 1. The third-order valence-corrected chi connectivity index (χ3v) is 1.73. The van der Waals surface area contributed by atoms with Gasteiger partial charge < -0.3 is 10.8 Å². The minimum absolute atomic E-state index is 0.190. The van der Waals surface area contributed by atoms with E-state index in [1.54, 1.807) is 18.2 Å². The normalized spacial score (nSPS) is 12.5. The van der Waals surface area contributed by atoms with Gasteiger partial charge in [0.15, 0.2) is 0 Å². The zero-order valence-electron chi connectivity index (χ0n) is 6.77. The number of aromatic nitrogens is 1. The van der Waals surface area contributed by atoms with Crippen molar-refractivity contribution >= 4 is 17.6 Å². The summed E-state index contributed by atoms with van der Waals surface area (Å²) >= 11 is 5.61. The lowest BCUT2D eigenvalue weighted by Gasteiger charge is -2.04. The van der Waals surface area contributed by atoms with Crippen LogP contribution in [0.15, 0.2) is 18.2 Å². The van der Waals surface area contributed by atoms with Crippen LogP contribution in [-0.4, -0.2) is 22.1 Å². The molecule has 0 spiro atoms. The van der Waals surface area contributed by atoms with E-state index < -0.39 is 12.0 Å². The second-order valence-corrected chi connectivity index (χ2v) is 2.99. The number of rotatable bonds is 3. The van der Waals surface area contributed by atoms with Gasteiger partial charge in [0.25, 0.3) is 0 Å². The third-order valence-electron chi connectivity index (χ3n) is 1.52. The van der Waals surface area contributed by atoms with Crippen molar-refractivity contribution in [2.45, 2.75) is 12.5 Å². The van der Waals surface area contributed by atoms with Crippen LogP contribution in [0.3, 0.4) is 0 Å². The number of hydrogen-bond acceptors (Lipinski definition) is 3. The molecule has 0 amide bonds. The maximum Gasteiger partial charge on any atom is 0.320 e. The number of carboxylic acid groups (broad SMARTS) is 1. The van der Waals surface area contributed by atoms with Crippen LogP contribution < -0.4 is 5.73 Å². The molecule has 0 bridgehead atoms. The minimum Gasteiger partial charge on any atom is -0.480 e. The molecule has 1 atom stereocenters. The molecule has 1 aromatic rings. The van der Waals surface area contributed by atoms with Crippen molar-refractivity contribution in [3.8, 4) is 0 Å². The molecule has 0 aromatic carbocycles. The van der Waals surface area contributed by atoms with Gasteiger partial charge in [-0.15, -0.1) is 0 Å². The first kappa shape index (κ1) is 9.95. The molecule has 0 radical (unpaired) electrons. The fraction of sp³-hybridized carbons (Fsp3) is 0.250. The standard InChI is InChI=1S/C8H9ClN2O2/c9-7-3-1-2-5(11-7)4-6(10)8(12)13/h1-3,6H,4,10H2,(H,12,13)/t6-/m0/s1. The first-order valence-electron chi connectivity index (χ1n) is 3.69. The molecule has 13 heavy (non-hydrogen) atoms. The summed E-state index contributed by atoms with van der Waals surface area (Å²) < 4.78 is 0. The van der Waals surface area contributed by atoms with Gasteiger partial charge >= 0.3 is 5.97 Å². The molecule has 0 aliphatic carbocycles. The molecule has 0 saturated carbocycles. The van der Waals surface area contributed by atoms with Gasteiger partial charge in [0.2, 0.25) is 0 Å². The van der Waals surface area contributed by atoms with E-state index in [9.17, 15) is 4.79 Å². The van der Waals surface area contributed by atoms with E-state index in [2.05, 4.69) is 4.98 Å². The van der Waals surface area contributed by atoms with E-state index in [1.165, 1.54) is 0 Å². The Bertz CT molecular complexity index is 317. The Hall–Kier alpha value is -1.13. The summed E-state index contributed by atoms with van der Waals surface area (Å²) in [4.78, 5) is 14.3. The number of carbonyl (C=O) groups is 1. The summed E-state index contributed by atoms with van der Waals surface area (Å²) in [5.41, 5.74) is 5.90. The number of halogens is 1. The van der Waals surface area contributed by atoms with Crippen molar-refractivity contribution in [3.63, 3.8) is 0 Å². The van der Waals surface area contributed by atoms with Gasteiger partial charge in [0.1, 0.15) is 11.2 Å². The molecule has 1 heterocycles. The molecule has 3 N–H and O–H groups in total. The zero-order chi connectivity index (χ0) is 9.84. The lowest BCUT2D eigenvalue weighted by atomic mass is 10.1. The first-order valence-corrected chi connectivity index (χ1v) is 4.07. The molecule has 4 nitrogen and oxygen atoms in total. The number of hydrogen-bond donors (Lipinski definition) is 2. The van der Waals surface area contributed by atoms with Gasteiger partial charge in [-0.25, -0.2) is 4.98 Å². The lowest BCUT2D eigenvalue weighted by molar-refractivity contribution is -0.138. The van der Waals surface area contributed by atoms with Crippen molar-refractivity contribution in [1.82, 2.24) is 4.98 Å². The van der Waals surface area contributed by atoms with Gasteiger partial charge in [-0.3, -0.25) is 4.79 Å². The van der Waals surface area contributed by atoms with Crippen LogP contribution in [-0.2, 0) is 11.2 Å². The Morgan fingerprint density at radius 2 is 2.38 bits per heavy atom. The number of nitrogens with two attached hydrogens (primary N) is 1. The van der Waals surface area contributed by atoms with Crippen LogP contribution in [0.2, 0.25) is 5.15 Å². The monoisotopic (exact) mass is 200 g/mol. The van der Waals surface area contributed by atoms with Crippen molar-refractivity contribution < 1.29 is 9.90 Å². The molecule has 0 unspecified atom stereocenters. The Morgan fingerprint density at radius 1 is 1.69 bits per heavy atom. The lowest BCUT2D eigenvalue weighted by Crippen LogP contribution is -2.32.